The molecule has 0 saturated carbocycles. The second kappa shape index (κ2) is 6.83. The number of hydrogen-bond donors (Lipinski definition) is 0. The number of rotatable bonds is 4. The summed E-state index contributed by atoms with van der Waals surface area (Å²) in [7, 11) is 0. The maximum Gasteiger partial charge on any atom is 0.229 e. The van der Waals surface area contributed by atoms with Gasteiger partial charge >= 0.3 is 0 Å². The van der Waals surface area contributed by atoms with Crippen LogP contribution in [0.3, 0.4) is 0 Å². The molecule has 23 heavy (non-hydrogen) atoms. The summed E-state index contributed by atoms with van der Waals surface area (Å²) in [6, 6.07) is 2.41. The molecule has 1 aliphatic heterocycles. The van der Waals surface area contributed by atoms with Gasteiger partial charge < -0.3 is 4.90 Å². The lowest BCUT2D eigenvalue weighted by Crippen LogP contribution is -2.39. The minimum atomic E-state index is 0.141. The number of thiazole rings is 1. The van der Waals surface area contributed by atoms with Crippen molar-refractivity contribution in [1.82, 2.24) is 19.7 Å². The van der Waals surface area contributed by atoms with Crippen LogP contribution in [0.15, 0.2) is 17.6 Å². The summed E-state index contributed by atoms with van der Waals surface area (Å²) in [5.41, 5.74) is 1.89. The molecule has 2 aromatic heterocycles. The van der Waals surface area contributed by atoms with Gasteiger partial charge in [-0.05, 0) is 46.1 Å². The quantitative estimate of drug-likeness (QED) is 0.860. The van der Waals surface area contributed by atoms with Gasteiger partial charge in [0.25, 0.3) is 0 Å². The molecule has 0 spiro atoms. The lowest BCUT2D eigenvalue weighted by atomic mass is 10.0. The SMILES string of the molecule is Cc1csc([C@@H]2CCCCN2C(=O)Cc2ccn(C(C)C)n2)n1. The van der Waals surface area contributed by atoms with E-state index in [1.807, 2.05) is 28.8 Å². The van der Waals surface area contributed by atoms with E-state index in [-0.39, 0.29) is 11.9 Å². The van der Waals surface area contributed by atoms with Crippen LogP contribution in [0.2, 0.25) is 0 Å². The number of aryl methyl sites for hydroxylation is 1. The lowest BCUT2D eigenvalue weighted by molar-refractivity contribution is -0.134. The summed E-state index contributed by atoms with van der Waals surface area (Å²) in [5, 5.41) is 7.64. The predicted molar refractivity (Wildman–Crippen MR) is 91.5 cm³/mol. The van der Waals surface area contributed by atoms with Crippen molar-refractivity contribution in [2.24, 2.45) is 0 Å². The number of nitrogens with zero attached hydrogens (tertiary/aromatic N) is 4. The van der Waals surface area contributed by atoms with Gasteiger partial charge in [-0.3, -0.25) is 9.48 Å². The van der Waals surface area contributed by atoms with Gasteiger partial charge in [0.05, 0.1) is 18.2 Å². The highest BCUT2D eigenvalue weighted by molar-refractivity contribution is 7.09. The monoisotopic (exact) mass is 332 g/mol. The number of aromatic nitrogens is 3. The number of amides is 1. The van der Waals surface area contributed by atoms with Gasteiger partial charge in [0.1, 0.15) is 5.01 Å². The van der Waals surface area contributed by atoms with Crippen LogP contribution in [0.4, 0.5) is 0 Å². The van der Waals surface area contributed by atoms with Gasteiger partial charge in [0.15, 0.2) is 0 Å². The minimum Gasteiger partial charge on any atom is -0.333 e. The fourth-order valence-corrected chi connectivity index (χ4v) is 3.97. The largest absolute Gasteiger partial charge is 0.333 e. The van der Waals surface area contributed by atoms with Gasteiger partial charge in [0.2, 0.25) is 5.91 Å². The van der Waals surface area contributed by atoms with Crippen LogP contribution in [0.25, 0.3) is 0 Å². The highest BCUT2D eigenvalue weighted by atomic mass is 32.1. The molecule has 0 aromatic carbocycles. The molecule has 3 rings (SSSR count). The molecule has 0 unspecified atom stereocenters. The summed E-state index contributed by atoms with van der Waals surface area (Å²) in [6.07, 6.45) is 5.58. The summed E-state index contributed by atoms with van der Waals surface area (Å²) in [4.78, 5) is 19.4. The van der Waals surface area contributed by atoms with Crippen LogP contribution in [0, 0.1) is 6.92 Å². The molecule has 3 heterocycles. The smallest absolute Gasteiger partial charge is 0.229 e. The van der Waals surface area contributed by atoms with Crippen molar-refractivity contribution in [1.29, 1.82) is 0 Å². The standard InChI is InChI=1S/C17H24N4OS/c1-12(2)21-9-7-14(19-21)10-16(22)20-8-5-4-6-15(20)17-18-13(3)11-23-17/h7,9,11-12,15H,4-6,8,10H2,1-3H3/t15-/m0/s1. The minimum absolute atomic E-state index is 0.141. The van der Waals surface area contributed by atoms with Gasteiger partial charge in [-0.1, -0.05) is 0 Å². The third-order valence-electron chi connectivity index (χ3n) is 4.27. The zero-order valence-electron chi connectivity index (χ0n) is 14.0. The Labute approximate surface area is 141 Å². The molecule has 2 aromatic rings. The molecule has 1 fully saturated rings. The summed E-state index contributed by atoms with van der Waals surface area (Å²) < 4.78 is 1.90. The van der Waals surface area contributed by atoms with Gasteiger partial charge in [-0.2, -0.15) is 5.10 Å². The van der Waals surface area contributed by atoms with E-state index in [0.717, 1.165) is 42.2 Å². The van der Waals surface area contributed by atoms with E-state index in [2.05, 4.69) is 29.3 Å². The first-order chi connectivity index (χ1) is 11.0. The molecule has 5 nitrogen and oxygen atoms in total. The molecular formula is C17H24N4OS. The van der Waals surface area contributed by atoms with Crippen LogP contribution in [0.1, 0.15) is 61.6 Å². The van der Waals surface area contributed by atoms with Crippen molar-refractivity contribution in [2.45, 2.75) is 58.5 Å². The van der Waals surface area contributed by atoms with E-state index >= 15 is 0 Å². The first-order valence-electron chi connectivity index (χ1n) is 8.30. The lowest BCUT2D eigenvalue weighted by Gasteiger charge is -2.34. The van der Waals surface area contributed by atoms with Crippen molar-refractivity contribution >= 4 is 17.2 Å². The fraction of sp³-hybridized carbons (Fsp3) is 0.588. The fourth-order valence-electron chi connectivity index (χ4n) is 3.03. The van der Waals surface area contributed by atoms with E-state index in [1.165, 1.54) is 0 Å². The Morgan fingerprint density at radius 2 is 2.26 bits per heavy atom. The average Bonchev–Trinajstić information content (AvgIpc) is 3.16. The molecule has 1 aliphatic rings. The maximum atomic E-state index is 12.8. The topological polar surface area (TPSA) is 51.0 Å². The van der Waals surface area contributed by atoms with E-state index in [0.29, 0.717) is 12.5 Å². The van der Waals surface area contributed by atoms with Crippen molar-refractivity contribution in [3.63, 3.8) is 0 Å². The first kappa shape index (κ1) is 16.2. The van der Waals surface area contributed by atoms with Crippen LogP contribution < -0.4 is 0 Å². The van der Waals surface area contributed by atoms with Crippen molar-refractivity contribution < 1.29 is 4.79 Å². The van der Waals surface area contributed by atoms with Crippen LogP contribution in [-0.2, 0) is 11.2 Å². The number of hydrogen-bond acceptors (Lipinski definition) is 4. The number of carbonyl (C=O) groups is 1. The predicted octanol–water partition coefficient (Wildman–Crippen LogP) is 3.53. The molecule has 0 N–H and O–H groups in total. The van der Waals surface area contributed by atoms with Crippen molar-refractivity contribution in [3.05, 3.63) is 34.0 Å². The summed E-state index contributed by atoms with van der Waals surface area (Å²) in [6.45, 7) is 7.01. The maximum absolute atomic E-state index is 12.8. The Kier molecular flexibility index (Phi) is 4.80. The van der Waals surface area contributed by atoms with Crippen LogP contribution in [0.5, 0.6) is 0 Å². The van der Waals surface area contributed by atoms with E-state index < -0.39 is 0 Å². The van der Waals surface area contributed by atoms with E-state index in [4.69, 9.17) is 0 Å². The average molecular weight is 332 g/mol. The summed E-state index contributed by atoms with van der Waals surface area (Å²) in [5.74, 6) is 0.163. The Morgan fingerprint density at radius 3 is 2.91 bits per heavy atom. The first-order valence-corrected chi connectivity index (χ1v) is 9.18. The molecule has 1 saturated heterocycles. The van der Waals surface area contributed by atoms with Gasteiger partial charge in [-0.15, -0.1) is 11.3 Å². The molecule has 124 valence electrons. The molecular weight excluding hydrogens is 308 g/mol. The normalized spacial score (nSPS) is 18.6. The van der Waals surface area contributed by atoms with E-state index in [9.17, 15) is 4.79 Å². The Morgan fingerprint density at radius 1 is 1.43 bits per heavy atom. The zero-order chi connectivity index (χ0) is 16.4. The second-order valence-corrected chi connectivity index (χ2v) is 7.37. The zero-order valence-corrected chi connectivity index (χ0v) is 14.8. The Bertz CT molecular complexity index is 676. The molecule has 1 amide bonds. The third-order valence-corrected chi connectivity index (χ3v) is 5.33. The van der Waals surface area contributed by atoms with Crippen molar-refractivity contribution in [3.8, 4) is 0 Å². The molecule has 0 aliphatic carbocycles. The summed E-state index contributed by atoms with van der Waals surface area (Å²) >= 11 is 1.67. The van der Waals surface area contributed by atoms with Gasteiger partial charge in [0, 0.05) is 29.9 Å². The third kappa shape index (κ3) is 3.63. The van der Waals surface area contributed by atoms with Gasteiger partial charge in [-0.25, -0.2) is 4.98 Å². The highest BCUT2D eigenvalue weighted by Gasteiger charge is 2.30. The molecule has 1 atom stereocenters. The molecule has 0 bridgehead atoms. The van der Waals surface area contributed by atoms with Crippen LogP contribution >= 0.6 is 11.3 Å². The number of likely N-dealkylation sites (tertiary alicyclic amines) is 1. The second-order valence-electron chi connectivity index (χ2n) is 6.48. The molecule has 0 radical (unpaired) electrons. The Balaban J connectivity index is 1.73. The number of carbonyl (C=O) groups excluding carboxylic acids is 1. The highest BCUT2D eigenvalue weighted by Crippen LogP contribution is 2.33. The van der Waals surface area contributed by atoms with Crippen molar-refractivity contribution in [2.75, 3.05) is 6.54 Å². The van der Waals surface area contributed by atoms with Crippen LogP contribution in [-0.4, -0.2) is 32.1 Å². The Hall–Kier alpha value is -1.69. The molecule has 6 heteroatoms. The number of piperidine rings is 1. The van der Waals surface area contributed by atoms with E-state index in [1.54, 1.807) is 11.3 Å².